The second kappa shape index (κ2) is 6.43. The number of ether oxygens (including phenoxy) is 1. The summed E-state index contributed by atoms with van der Waals surface area (Å²) in [4.78, 5) is 4.57. The standard InChI is InChI=1S/C15H17FN2OS/c16-12-5-3-11(4-6-12)15-18-13(10-20-15)8-17-9-14-2-1-7-19-14/h3-6,10,14,17H,1-2,7-9H2/t14-/m1/s1. The average Bonchev–Trinajstić information content (AvgIpc) is 3.11. The van der Waals surface area contributed by atoms with Crippen LogP contribution in [0.1, 0.15) is 18.5 Å². The monoisotopic (exact) mass is 292 g/mol. The summed E-state index contributed by atoms with van der Waals surface area (Å²) in [7, 11) is 0. The van der Waals surface area contributed by atoms with Gasteiger partial charge in [0.05, 0.1) is 11.8 Å². The Balaban J connectivity index is 1.55. The molecule has 1 aliphatic heterocycles. The van der Waals surface area contributed by atoms with Crippen LogP contribution in [0.4, 0.5) is 4.39 Å². The van der Waals surface area contributed by atoms with Crippen molar-refractivity contribution in [1.29, 1.82) is 0 Å². The van der Waals surface area contributed by atoms with Gasteiger partial charge in [-0.2, -0.15) is 0 Å². The van der Waals surface area contributed by atoms with Crippen molar-refractivity contribution in [2.45, 2.75) is 25.5 Å². The normalized spacial score (nSPS) is 18.6. The highest BCUT2D eigenvalue weighted by molar-refractivity contribution is 7.13. The minimum atomic E-state index is -0.219. The fraction of sp³-hybridized carbons (Fsp3) is 0.400. The largest absolute Gasteiger partial charge is 0.377 e. The second-order valence-electron chi connectivity index (χ2n) is 4.92. The number of halogens is 1. The van der Waals surface area contributed by atoms with Gasteiger partial charge in [-0.15, -0.1) is 11.3 Å². The van der Waals surface area contributed by atoms with Crippen molar-refractivity contribution in [3.63, 3.8) is 0 Å². The SMILES string of the molecule is Fc1ccc(-c2nc(CNC[C@H]3CCCO3)cs2)cc1. The third kappa shape index (κ3) is 3.42. The molecule has 1 N–H and O–H groups in total. The molecule has 20 heavy (non-hydrogen) atoms. The fourth-order valence-electron chi connectivity index (χ4n) is 2.28. The number of hydrogen-bond donors (Lipinski definition) is 1. The molecule has 1 saturated heterocycles. The van der Waals surface area contributed by atoms with Gasteiger partial charge in [0, 0.05) is 30.6 Å². The van der Waals surface area contributed by atoms with Crippen LogP contribution in [-0.4, -0.2) is 24.2 Å². The molecule has 0 aliphatic carbocycles. The van der Waals surface area contributed by atoms with E-state index in [1.54, 1.807) is 23.5 Å². The molecule has 1 atom stereocenters. The molecule has 1 aliphatic rings. The van der Waals surface area contributed by atoms with Gasteiger partial charge < -0.3 is 10.1 Å². The third-order valence-corrected chi connectivity index (χ3v) is 4.29. The lowest BCUT2D eigenvalue weighted by Gasteiger charge is -2.09. The van der Waals surface area contributed by atoms with Gasteiger partial charge in [-0.1, -0.05) is 0 Å². The number of benzene rings is 1. The van der Waals surface area contributed by atoms with Crippen LogP contribution in [0.15, 0.2) is 29.6 Å². The van der Waals surface area contributed by atoms with Gasteiger partial charge in [-0.3, -0.25) is 0 Å². The van der Waals surface area contributed by atoms with E-state index in [2.05, 4.69) is 10.3 Å². The maximum atomic E-state index is 12.9. The molecule has 0 unspecified atom stereocenters. The zero-order valence-corrected chi connectivity index (χ0v) is 12.0. The van der Waals surface area contributed by atoms with Gasteiger partial charge in [-0.25, -0.2) is 9.37 Å². The minimum absolute atomic E-state index is 0.219. The predicted molar refractivity (Wildman–Crippen MR) is 78.2 cm³/mol. The van der Waals surface area contributed by atoms with Crippen molar-refractivity contribution in [2.24, 2.45) is 0 Å². The van der Waals surface area contributed by atoms with Crippen molar-refractivity contribution in [1.82, 2.24) is 10.3 Å². The molecule has 106 valence electrons. The van der Waals surface area contributed by atoms with E-state index in [1.165, 1.54) is 12.1 Å². The Bertz CT molecular complexity index is 549. The molecule has 0 radical (unpaired) electrons. The molecule has 3 nitrogen and oxygen atoms in total. The van der Waals surface area contributed by atoms with Gasteiger partial charge >= 0.3 is 0 Å². The Hall–Kier alpha value is -1.30. The molecule has 1 aromatic carbocycles. The quantitative estimate of drug-likeness (QED) is 0.919. The molecule has 0 bridgehead atoms. The van der Waals surface area contributed by atoms with Gasteiger partial charge in [0.15, 0.2) is 0 Å². The summed E-state index contributed by atoms with van der Waals surface area (Å²) < 4.78 is 18.4. The summed E-state index contributed by atoms with van der Waals surface area (Å²) in [6.45, 7) is 2.51. The molecular formula is C15H17FN2OS. The number of thiazole rings is 1. The van der Waals surface area contributed by atoms with Gasteiger partial charge in [0.1, 0.15) is 10.8 Å². The highest BCUT2D eigenvalue weighted by Gasteiger charge is 2.14. The lowest BCUT2D eigenvalue weighted by atomic mass is 10.2. The highest BCUT2D eigenvalue weighted by Crippen LogP contribution is 2.23. The first-order chi connectivity index (χ1) is 9.81. The Kier molecular flexibility index (Phi) is 4.40. The van der Waals surface area contributed by atoms with Crippen molar-refractivity contribution in [3.05, 3.63) is 41.2 Å². The Morgan fingerprint density at radius 3 is 2.95 bits per heavy atom. The third-order valence-electron chi connectivity index (χ3n) is 3.35. The summed E-state index contributed by atoms with van der Waals surface area (Å²) in [6.07, 6.45) is 2.66. The molecule has 1 fully saturated rings. The summed E-state index contributed by atoms with van der Waals surface area (Å²) in [6, 6.07) is 6.45. The number of nitrogens with zero attached hydrogens (tertiary/aromatic N) is 1. The molecule has 2 aromatic rings. The molecule has 1 aromatic heterocycles. The summed E-state index contributed by atoms with van der Waals surface area (Å²) in [5.41, 5.74) is 1.98. The van der Waals surface area contributed by atoms with Crippen LogP contribution < -0.4 is 5.32 Å². The predicted octanol–water partition coefficient (Wildman–Crippen LogP) is 3.22. The van der Waals surface area contributed by atoms with Crippen molar-refractivity contribution in [2.75, 3.05) is 13.2 Å². The Morgan fingerprint density at radius 2 is 2.20 bits per heavy atom. The number of nitrogens with one attached hydrogen (secondary N) is 1. The summed E-state index contributed by atoms with van der Waals surface area (Å²) >= 11 is 1.59. The maximum absolute atomic E-state index is 12.9. The molecule has 0 saturated carbocycles. The van der Waals surface area contributed by atoms with Crippen LogP contribution in [0.3, 0.4) is 0 Å². The van der Waals surface area contributed by atoms with E-state index >= 15 is 0 Å². The van der Waals surface area contributed by atoms with E-state index in [0.29, 0.717) is 6.10 Å². The molecule has 0 amide bonds. The number of rotatable bonds is 5. The Morgan fingerprint density at radius 1 is 1.35 bits per heavy atom. The topological polar surface area (TPSA) is 34.2 Å². The van der Waals surface area contributed by atoms with Crippen LogP contribution in [0.2, 0.25) is 0 Å². The van der Waals surface area contributed by atoms with E-state index in [9.17, 15) is 4.39 Å². The van der Waals surface area contributed by atoms with Gasteiger partial charge in [0.25, 0.3) is 0 Å². The first-order valence-electron chi connectivity index (χ1n) is 6.84. The van der Waals surface area contributed by atoms with Crippen LogP contribution in [0.25, 0.3) is 10.6 Å². The average molecular weight is 292 g/mol. The molecular weight excluding hydrogens is 275 g/mol. The fourth-order valence-corrected chi connectivity index (χ4v) is 3.11. The lowest BCUT2D eigenvalue weighted by Crippen LogP contribution is -2.25. The van der Waals surface area contributed by atoms with Crippen molar-refractivity contribution in [3.8, 4) is 10.6 Å². The van der Waals surface area contributed by atoms with Crippen LogP contribution >= 0.6 is 11.3 Å². The maximum Gasteiger partial charge on any atom is 0.123 e. The highest BCUT2D eigenvalue weighted by atomic mass is 32.1. The van der Waals surface area contributed by atoms with Gasteiger partial charge in [0.2, 0.25) is 0 Å². The van der Waals surface area contributed by atoms with Crippen molar-refractivity contribution >= 4 is 11.3 Å². The van der Waals surface area contributed by atoms with Gasteiger partial charge in [-0.05, 0) is 37.1 Å². The van der Waals surface area contributed by atoms with Crippen molar-refractivity contribution < 1.29 is 9.13 Å². The van der Waals surface area contributed by atoms with Crippen LogP contribution in [0.5, 0.6) is 0 Å². The summed E-state index contributed by atoms with van der Waals surface area (Å²) in [5.74, 6) is -0.219. The molecule has 2 heterocycles. The molecule has 3 rings (SSSR count). The van der Waals surface area contributed by atoms with E-state index in [4.69, 9.17) is 4.74 Å². The first kappa shape index (κ1) is 13.7. The number of aromatic nitrogens is 1. The molecule has 0 spiro atoms. The Labute approximate surface area is 121 Å². The second-order valence-corrected chi connectivity index (χ2v) is 5.77. The lowest BCUT2D eigenvalue weighted by molar-refractivity contribution is 0.110. The number of hydrogen-bond acceptors (Lipinski definition) is 4. The zero-order chi connectivity index (χ0) is 13.8. The summed E-state index contributed by atoms with van der Waals surface area (Å²) in [5, 5.41) is 6.35. The van der Waals surface area contributed by atoms with E-state index < -0.39 is 0 Å². The van der Waals surface area contributed by atoms with E-state index in [-0.39, 0.29) is 5.82 Å². The first-order valence-corrected chi connectivity index (χ1v) is 7.72. The minimum Gasteiger partial charge on any atom is -0.377 e. The van der Waals surface area contributed by atoms with E-state index in [0.717, 1.165) is 48.8 Å². The zero-order valence-electron chi connectivity index (χ0n) is 11.1. The van der Waals surface area contributed by atoms with E-state index in [1.807, 2.05) is 5.38 Å². The molecule has 5 heteroatoms. The van der Waals surface area contributed by atoms with Crippen LogP contribution in [-0.2, 0) is 11.3 Å². The van der Waals surface area contributed by atoms with Crippen LogP contribution in [0, 0.1) is 5.82 Å². The smallest absolute Gasteiger partial charge is 0.123 e.